The van der Waals surface area contributed by atoms with Gasteiger partial charge >= 0.3 is 19.4 Å². The lowest BCUT2D eigenvalue weighted by atomic mass is 10.1. The van der Waals surface area contributed by atoms with Crippen LogP contribution < -0.4 is 26.2 Å². The number of unbranched alkanes of at least 4 members (excludes halogenated alkanes) is 4. The summed E-state index contributed by atoms with van der Waals surface area (Å²) in [5, 5.41) is 16.2. The zero-order chi connectivity index (χ0) is 37.3. The number of aromatic amines is 1. The molecule has 2 aromatic carbocycles. The fourth-order valence-electron chi connectivity index (χ4n) is 5.30. The Labute approximate surface area is 302 Å². The Kier molecular flexibility index (Phi) is 15.9. The summed E-state index contributed by atoms with van der Waals surface area (Å²) in [6.07, 6.45) is 3.60. The first-order valence-corrected chi connectivity index (χ1v) is 19.1. The van der Waals surface area contributed by atoms with Crippen LogP contribution in [0.15, 0.2) is 76.4 Å². The van der Waals surface area contributed by atoms with Gasteiger partial charge in [0.1, 0.15) is 36.3 Å². The summed E-state index contributed by atoms with van der Waals surface area (Å²) in [7, 11) is -4.30. The van der Waals surface area contributed by atoms with E-state index in [9.17, 15) is 28.8 Å². The van der Waals surface area contributed by atoms with Gasteiger partial charge < -0.3 is 24.4 Å². The lowest BCUT2D eigenvalue weighted by Gasteiger charge is -2.25. The molecule has 4 rings (SSSR count). The van der Waals surface area contributed by atoms with Crippen LogP contribution in [0.5, 0.6) is 5.75 Å². The number of esters is 1. The normalized spacial score (nSPS) is 18.4. The quantitative estimate of drug-likeness (QED) is 0.0594. The van der Waals surface area contributed by atoms with E-state index in [1.807, 2.05) is 30.3 Å². The number of para-hydroxylation sites is 1. The van der Waals surface area contributed by atoms with E-state index < -0.39 is 56.0 Å². The van der Waals surface area contributed by atoms with E-state index in [-0.39, 0.29) is 43.2 Å². The fourth-order valence-corrected chi connectivity index (χ4v) is 6.89. The van der Waals surface area contributed by atoms with E-state index in [1.54, 1.807) is 37.3 Å². The third-order valence-corrected chi connectivity index (χ3v) is 9.76. The second kappa shape index (κ2) is 20.5. The summed E-state index contributed by atoms with van der Waals surface area (Å²) in [6, 6.07) is 16.3. The van der Waals surface area contributed by atoms with Crippen molar-refractivity contribution in [3.63, 3.8) is 0 Å². The summed E-state index contributed by atoms with van der Waals surface area (Å²) < 4.78 is 38.1. The minimum Gasteiger partial charge on any atom is -0.460 e. The molecular formula is C37H47N4O10P. The highest BCUT2D eigenvalue weighted by atomic mass is 31.2. The molecule has 3 aromatic rings. The number of H-pyrrole nitrogens is 1. The molecule has 1 aliphatic rings. The van der Waals surface area contributed by atoms with E-state index in [0.29, 0.717) is 6.42 Å². The second-order valence-electron chi connectivity index (χ2n) is 12.3. The smallest absolute Gasteiger partial charge is 0.459 e. The van der Waals surface area contributed by atoms with Crippen molar-refractivity contribution in [2.24, 2.45) is 0 Å². The Bertz CT molecular complexity index is 1820. The molecule has 1 saturated heterocycles. The van der Waals surface area contributed by atoms with Gasteiger partial charge in [0.15, 0.2) is 0 Å². The molecule has 0 saturated carbocycles. The van der Waals surface area contributed by atoms with Crippen molar-refractivity contribution >= 4 is 19.6 Å². The highest BCUT2D eigenvalue weighted by Gasteiger charge is 2.40. The lowest BCUT2D eigenvalue weighted by Crippen LogP contribution is -2.38. The number of nitrogens with one attached hydrogen (secondary N) is 3. The second-order valence-corrected chi connectivity index (χ2v) is 14.0. The standard InChI is InChI=1S/C37H47N4O10P/c1-3-5-6-7-14-21-33(43)38-22-15-18-28-24-41(37(46)39-35(28)44)34-23-31(42)32(50-34)26-49-52(47,51-29-19-12-9-13-20-29)40-30(4-2)36(45)48-25-27-16-10-8-11-17-27/h8-13,16-17,19-20,24,30-32,34,42H,3-7,14,21-23,25-26H2,1-2H3,(H,38,43)(H,40,47)(H,39,44,46)/t30-,31-,32+,34+,52?/m0/s1. The van der Waals surface area contributed by atoms with E-state index in [2.05, 4.69) is 34.2 Å². The summed E-state index contributed by atoms with van der Waals surface area (Å²) in [6.45, 7) is 3.41. The van der Waals surface area contributed by atoms with Gasteiger partial charge in [0, 0.05) is 19.0 Å². The number of carbonyl (C=O) groups excluding carboxylic acids is 2. The van der Waals surface area contributed by atoms with E-state index in [1.165, 1.54) is 6.20 Å². The van der Waals surface area contributed by atoms with Crippen LogP contribution in [0.2, 0.25) is 0 Å². The third kappa shape index (κ3) is 12.6. The molecule has 14 nitrogen and oxygen atoms in total. The molecule has 5 atom stereocenters. The highest BCUT2D eigenvalue weighted by Crippen LogP contribution is 2.46. The van der Waals surface area contributed by atoms with Gasteiger partial charge in [-0.1, -0.05) is 99.9 Å². The van der Waals surface area contributed by atoms with Gasteiger partial charge in [0.2, 0.25) is 5.91 Å². The topological polar surface area (TPSA) is 187 Å². The molecule has 15 heteroatoms. The number of hydrogen-bond acceptors (Lipinski definition) is 10. The zero-order valence-electron chi connectivity index (χ0n) is 29.5. The minimum absolute atomic E-state index is 0.0132. The maximum atomic E-state index is 14.1. The van der Waals surface area contributed by atoms with E-state index in [4.69, 9.17) is 18.5 Å². The zero-order valence-corrected chi connectivity index (χ0v) is 30.3. The monoisotopic (exact) mass is 738 g/mol. The van der Waals surface area contributed by atoms with Crippen molar-refractivity contribution in [2.45, 2.75) is 96.3 Å². The summed E-state index contributed by atoms with van der Waals surface area (Å²) in [4.78, 5) is 52.5. The molecule has 280 valence electrons. The number of hydrogen-bond donors (Lipinski definition) is 4. The molecule has 1 aliphatic heterocycles. The predicted octanol–water partition coefficient (Wildman–Crippen LogP) is 4.33. The predicted molar refractivity (Wildman–Crippen MR) is 193 cm³/mol. The van der Waals surface area contributed by atoms with Crippen molar-refractivity contribution in [3.8, 4) is 17.6 Å². The van der Waals surface area contributed by atoms with Gasteiger partial charge in [0.25, 0.3) is 5.56 Å². The molecule has 1 fully saturated rings. The SMILES string of the molecule is CCCCCCCC(=O)NCC#Cc1cn([C@H]2C[C@H](O)[C@@H](COP(=O)(N[C@@H](CC)C(=O)OCc3ccccc3)Oc3ccccc3)O2)c(=O)[nH]c1=O. The van der Waals surface area contributed by atoms with Gasteiger partial charge in [-0.25, -0.2) is 9.36 Å². The maximum Gasteiger partial charge on any atom is 0.459 e. The van der Waals surface area contributed by atoms with Gasteiger partial charge in [-0.05, 0) is 30.5 Å². The van der Waals surface area contributed by atoms with Crippen LogP contribution in [0.1, 0.15) is 82.6 Å². The fraction of sp³-hybridized carbons (Fsp3) is 0.459. The number of benzene rings is 2. The summed E-state index contributed by atoms with van der Waals surface area (Å²) in [5.41, 5.74) is -0.765. The third-order valence-electron chi connectivity index (χ3n) is 8.19. The first-order chi connectivity index (χ1) is 25.1. The first-order valence-electron chi connectivity index (χ1n) is 17.5. The number of rotatable bonds is 19. The summed E-state index contributed by atoms with van der Waals surface area (Å²) >= 11 is 0. The number of carbonyl (C=O) groups is 2. The van der Waals surface area contributed by atoms with Crippen LogP contribution in [-0.4, -0.2) is 57.9 Å². The number of nitrogens with zero attached hydrogens (tertiary/aromatic N) is 1. The molecule has 0 bridgehead atoms. The largest absolute Gasteiger partial charge is 0.460 e. The molecule has 4 N–H and O–H groups in total. The Balaban J connectivity index is 1.39. The van der Waals surface area contributed by atoms with E-state index in [0.717, 1.165) is 42.2 Å². The molecule has 0 aliphatic carbocycles. The van der Waals surface area contributed by atoms with Crippen LogP contribution in [0.4, 0.5) is 0 Å². The maximum absolute atomic E-state index is 14.1. The Morgan fingerprint density at radius 3 is 2.48 bits per heavy atom. The molecule has 2 heterocycles. The average Bonchev–Trinajstić information content (AvgIpc) is 3.51. The van der Waals surface area contributed by atoms with Gasteiger partial charge in [0.05, 0.1) is 19.3 Å². The summed E-state index contributed by atoms with van der Waals surface area (Å²) in [5.74, 6) is 4.81. The van der Waals surface area contributed by atoms with Gasteiger partial charge in [-0.3, -0.25) is 28.5 Å². The van der Waals surface area contributed by atoms with Crippen LogP contribution >= 0.6 is 7.75 Å². The van der Waals surface area contributed by atoms with Crippen molar-refractivity contribution in [3.05, 3.63) is 98.8 Å². The van der Waals surface area contributed by atoms with Gasteiger partial charge in [-0.15, -0.1) is 0 Å². The Morgan fingerprint density at radius 1 is 1.06 bits per heavy atom. The van der Waals surface area contributed by atoms with E-state index >= 15 is 0 Å². The number of aromatic nitrogens is 2. The minimum atomic E-state index is -4.30. The lowest BCUT2D eigenvalue weighted by molar-refractivity contribution is -0.147. The number of ether oxygens (including phenoxy) is 2. The van der Waals surface area contributed by atoms with Gasteiger partial charge in [-0.2, -0.15) is 5.09 Å². The van der Waals surface area contributed by atoms with Crippen LogP contribution in [-0.2, 0) is 34.8 Å². The molecular weight excluding hydrogens is 691 g/mol. The Hall–Kier alpha value is -4.51. The Morgan fingerprint density at radius 2 is 1.77 bits per heavy atom. The highest BCUT2D eigenvalue weighted by molar-refractivity contribution is 7.52. The number of aliphatic hydroxyl groups excluding tert-OH is 1. The molecule has 0 spiro atoms. The van der Waals surface area contributed by atoms with Crippen LogP contribution in [0, 0.1) is 11.8 Å². The average molecular weight is 739 g/mol. The number of amides is 1. The molecule has 52 heavy (non-hydrogen) atoms. The van der Waals surface area contributed by atoms with Crippen molar-refractivity contribution in [1.29, 1.82) is 0 Å². The molecule has 1 amide bonds. The number of aliphatic hydroxyl groups is 1. The molecule has 1 aromatic heterocycles. The molecule has 0 radical (unpaired) electrons. The first kappa shape index (κ1) is 40.3. The van der Waals surface area contributed by atoms with Crippen LogP contribution in [0.25, 0.3) is 0 Å². The van der Waals surface area contributed by atoms with Crippen LogP contribution in [0.3, 0.4) is 0 Å². The van der Waals surface area contributed by atoms with Crippen molar-refractivity contribution in [2.75, 3.05) is 13.2 Å². The van der Waals surface area contributed by atoms with Crippen molar-refractivity contribution < 1.29 is 37.8 Å². The van der Waals surface area contributed by atoms with Crippen molar-refractivity contribution in [1.82, 2.24) is 20.0 Å². The molecule has 1 unspecified atom stereocenters.